The molecule has 2 aliphatic heterocycles. The number of anilines is 2. The van der Waals surface area contributed by atoms with Crippen LogP contribution in [0.4, 0.5) is 17.1 Å². The summed E-state index contributed by atoms with van der Waals surface area (Å²) in [4.78, 5) is 45.3. The SMILES string of the molecule is COc1ccc(C2C3C(=O)N(c4ccc([N+](=O)[O-])cc4C)C(=O)C3ON2c2ccc(Cl)cc2)c(OC)c1. The molecule has 2 fully saturated rings. The number of hydroxylamine groups is 1. The molecule has 0 radical (unpaired) electrons. The van der Waals surface area contributed by atoms with Crippen molar-refractivity contribution in [1.29, 1.82) is 0 Å². The Hall–Kier alpha value is -4.15. The minimum atomic E-state index is -1.12. The molecule has 0 aromatic heterocycles. The molecule has 0 saturated carbocycles. The second kappa shape index (κ2) is 9.38. The van der Waals surface area contributed by atoms with Gasteiger partial charge in [0, 0.05) is 28.8 Å². The summed E-state index contributed by atoms with van der Waals surface area (Å²) in [5.41, 5.74) is 1.78. The van der Waals surface area contributed by atoms with Crippen LogP contribution in [0.5, 0.6) is 11.5 Å². The Morgan fingerprint density at radius 3 is 2.32 bits per heavy atom. The highest BCUT2D eigenvalue weighted by molar-refractivity contribution is 6.30. The third-order valence-corrected chi connectivity index (χ3v) is 6.84. The lowest BCUT2D eigenvalue weighted by Gasteiger charge is -2.30. The Labute approximate surface area is 217 Å². The molecule has 3 atom stereocenters. The van der Waals surface area contributed by atoms with Crippen LogP contribution in [-0.2, 0) is 14.4 Å². The highest BCUT2D eigenvalue weighted by atomic mass is 35.5. The van der Waals surface area contributed by atoms with Crippen LogP contribution in [0.25, 0.3) is 0 Å². The molecular formula is C26H22ClN3O7. The summed E-state index contributed by atoms with van der Waals surface area (Å²) < 4.78 is 10.9. The summed E-state index contributed by atoms with van der Waals surface area (Å²) in [6.07, 6.45) is -1.12. The van der Waals surface area contributed by atoms with E-state index in [1.807, 2.05) is 0 Å². The van der Waals surface area contributed by atoms with Gasteiger partial charge in [-0.05, 0) is 55.0 Å². The molecule has 3 aromatic carbocycles. The average molecular weight is 524 g/mol. The fraction of sp³-hybridized carbons (Fsp3) is 0.231. The standard InChI is InChI=1S/C26H22ClN3O7/c1-14-12-17(30(33)34)8-11-20(14)28-25(31)22-23(19-10-9-18(35-2)13-21(19)36-3)29(37-24(22)26(28)32)16-6-4-15(27)5-7-16/h4-13,22-24H,1-3H3. The first kappa shape index (κ1) is 24.5. The molecule has 2 saturated heterocycles. The molecule has 2 amide bonds. The quantitative estimate of drug-likeness (QED) is 0.261. The number of ether oxygens (including phenoxy) is 2. The Morgan fingerprint density at radius 2 is 1.70 bits per heavy atom. The van der Waals surface area contributed by atoms with Crippen LogP contribution in [0, 0.1) is 23.0 Å². The second-order valence-electron chi connectivity index (χ2n) is 8.65. The van der Waals surface area contributed by atoms with E-state index >= 15 is 0 Å². The summed E-state index contributed by atoms with van der Waals surface area (Å²) in [6.45, 7) is 1.61. The Kier molecular flexibility index (Phi) is 6.22. The molecule has 0 aliphatic carbocycles. The van der Waals surface area contributed by atoms with Gasteiger partial charge in [-0.25, -0.2) is 9.96 Å². The van der Waals surface area contributed by atoms with Gasteiger partial charge < -0.3 is 9.47 Å². The number of halogens is 1. The van der Waals surface area contributed by atoms with Crippen molar-refractivity contribution in [1.82, 2.24) is 0 Å². The van der Waals surface area contributed by atoms with Gasteiger partial charge in [0.1, 0.15) is 17.4 Å². The zero-order valence-corrected chi connectivity index (χ0v) is 20.8. The first-order valence-corrected chi connectivity index (χ1v) is 11.7. The number of non-ortho nitro benzene ring substituents is 1. The summed E-state index contributed by atoms with van der Waals surface area (Å²) in [5.74, 6) is -0.934. The molecule has 0 N–H and O–H groups in total. The molecule has 0 spiro atoms. The number of aryl methyl sites for hydroxylation is 1. The maximum atomic E-state index is 13.9. The number of imide groups is 1. The van der Waals surface area contributed by atoms with Crippen LogP contribution in [-0.4, -0.2) is 37.1 Å². The number of benzene rings is 3. The fourth-order valence-corrected chi connectivity index (χ4v) is 4.97. The fourth-order valence-electron chi connectivity index (χ4n) is 4.85. The number of nitro groups is 1. The van der Waals surface area contributed by atoms with Gasteiger partial charge in [-0.3, -0.25) is 24.5 Å². The van der Waals surface area contributed by atoms with E-state index in [-0.39, 0.29) is 11.4 Å². The minimum Gasteiger partial charge on any atom is -0.497 e. The predicted octanol–water partition coefficient (Wildman–Crippen LogP) is 4.62. The second-order valence-corrected chi connectivity index (χ2v) is 9.08. The van der Waals surface area contributed by atoms with Gasteiger partial charge in [-0.2, -0.15) is 0 Å². The van der Waals surface area contributed by atoms with Crippen molar-refractivity contribution in [3.05, 3.63) is 86.9 Å². The van der Waals surface area contributed by atoms with E-state index in [9.17, 15) is 19.7 Å². The van der Waals surface area contributed by atoms with Crippen LogP contribution < -0.4 is 19.4 Å². The number of nitro benzene ring substituents is 1. The van der Waals surface area contributed by atoms with E-state index in [4.69, 9.17) is 25.9 Å². The van der Waals surface area contributed by atoms with Gasteiger partial charge >= 0.3 is 0 Å². The summed E-state index contributed by atoms with van der Waals surface area (Å²) >= 11 is 6.08. The highest BCUT2D eigenvalue weighted by Crippen LogP contribution is 2.50. The lowest BCUT2D eigenvalue weighted by Crippen LogP contribution is -2.37. The molecule has 37 heavy (non-hydrogen) atoms. The number of fused-ring (bicyclic) bond motifs is 1. The van der Waals surface area contributed by atoms with Gasteiger partial charge in [-0.15, -0.1) is 0 Å². The van der Waals surface area contributed by atoms with E-state index in [2.05, 4.69) is 0 Å². The van der Waals surface area contributed by atoms with E-state index in [1.54, 1.807) is 49.4 Å². The van der Waals surface area contributed by atoms with Gasteiger partial charge in [0.15, 0.2) is 6.10 Å². The maximum absolute atomic E-state index is 13.9. The number of hydrogen-bond acceptors (Lipinski definition) is 8. The van der Waals surface area contributed by atoms with Crippen molar-refractivity contribution in [2.24, 2.45) is 5.92 Å². The first-order valence-electron chi connectivity index (χ1n) is 11.3. The Bertz CT molecular complexity index is 1410. The molecule has 0 bridgehead atoms. The largest absolute Gasteiger partial charge is 0.497 e. The topological polar surface area (TPSA) is 111 Å². The van der Waals surface area contributed by atoms with Gasteiger partial charge in [-0.1, -0.05) is 11.6 Å². The lowest BCUT2D eigenvalue weighted by molar-refractivity contribution is -0.384. The first-order chi connectivity index (χ1) is 17.7. The third-order valence-electron chi connectivity index (χ3n) is 6.59. The van der Waals surface area contributed by atoms with E-state index in [1.165, 1.54) is 37.5 Å². The van der Waals surface area contributed by atoms with Crippen molar-refractivity contribution in [2.45, 2.75) is 19.1 Å². The number of hydrogen-bond donors (Lipinski definition) is 0. The van der Waals surface area contributed by atoms with E-state index < -0.39 is 34.8 Å². The summed E-state index contributed by atoms with van der Waals surface area (Å²) in [5, 5.41) is 13.2. The maximum Gasteiger partial charge on any atom is 0.269 e. The normalized spacial score (nSPS) is 20.8. The molecule has 3 unspecified atom stereocenters. The number of methoxy groups -OCH3 is 2. The number of carbonyl (C=O) groups is 2. The number of nitrogens with zero attached hydrogens (tertiary/aromatic N) is 3. The number of amides is 2. The van der Waals surface area contributed by atoms with E-state index in [0.717, 1.165) is 4.90 Å². The molecule has 2 aliphatic rings. The zero-order chi connectivity index (χ0) is 26.4. The third kappa shape index (κ3) is 4.04. The molecule has 190 valence electrons. The molecule has 11 heteroatoms. The zero-order valence-electron chi connectivity index (χ0n) is 20.1. The lowest BCUT2D eigenvalue weighted by atomic mass is 9.90. The van der Waals surface area contributed by atoms with Crippen molar-refractivity contribution in [3.8, 4) is 11.5 Å². The molecule has 2 heterocycles. The van der Waals surface area contributed by atoms with Crippen LogP contribution in [0.15, 0.2) is 60.7 Å². The van der Waals surface area contributed by atoms with Crippen LogP contribution in [0.3, 0.4) is 0 Å². The molecule has 10 nitrogen and oxygen atoms in total. The van der Waals surface area contributed by atoms with Gasteiger partial charge in [0.05, 0.1) is 36.6 Å². The van der Waals surface area contributed by atoms with Crippen LogP contribution >= 0.6 is 11.6 Å². The van der Waals surface area contributed by atoms with Crippen molar-refractivity contribution in [3.63, 3.8) is 0 Å². The Morgan fingerprint density at radius 1 is 0.973 bits per heavy atom. The van der Waals surface area contributed by atoms with Gasteiger partial charge in [0.25, 0.3) is 11.6 Å². The van der Waals surface area contributed by atoms with Crippen LogP contribution in [0.1, 0.15) is 17.2 Å². The number of rotatable bonds is 6. The highest BCUT2D eigenvalue weighted by Gasteiger charge is 2.61. The van der Waals surface area contributed by atoms with Crippen molar-refractivity contribution >= 4 is 40.5 Å². The summed E-state index contributed by atoms with van der Waals surface area (Å²) in [7, 11) is 3.04. The number of carbonyl (C=O) groups excluding carboxylic acids is 2. The van der Waals surface area contributed by atoms with Crippen molar-refractivity contribution < 1.29 is 28.8 Å². The predicted molar refractivity (Wildman–Crippen MR) is 135 cm³/mol. The van der Waals surface area contributed by atoms with Crippen molar-refractivity contribution in [2.75, 3.05) is 24.2 Å². The van der Waals surface area contributed by atoms with Gasteiger partial charge in [0.2, 0.25) is 5.91 Å². The molecular weight excluding hydrogens is 502 g/mol. The Balaban J connectivity index is 1.61. The smallest absolute Gasteiger partial charge is 0.269 e. The monoisotopic (exact) mass is 523 g/mol. The average Bonchev–Trinajstić information content (AvgIpc) is 3.39. The summed E-state index contributed by atoms with van der Waals surface area (Å²) in [6, 6.07) is 15.3. The molecule has 3 aromatic rings. The minimum absolute atomic E-state index is 0.133. The van der Waals surface area contributed by atoms with Crippen LogP contribution in [0.2, 0.25) is 5.02 Å². The van der Waals surface area contributed by atoms with E-state index in [0.29, 0.717) is 33.3 Å². The molecule has 5 rings (SSSR count).